The van der Waals surface area contributed by atoms with Crippen molar-refractivity contribution in [2.24, 2.45) is 11.1 Å². The number of nitrogens with two attached hydrogens (primary N) is 1. The average molecular weight is 530 g/mol. The second-order valence-corrected chi connectivity index (χ2v) is 11.9. The van der Waals surface area contributed by atoms with Crippen molar-refractivity contribution in [3.8, 4) is 0 Å². The van der Waals surface area contributed by atoms with Crippen LogP contribution < -0.4 is 5.73 Å². The van der Waals surface area contributed by atoms with Crippen molar-refractivity contribution >= 4 is 17.7 Å². The van der Waals surface area contributed by atoms with Gasteiger partial charge in [-0.05, 0) is 66.7 Å². The molecule has 6 nitrogen and oxygen atoms in total. The van der Waals surface area contributed by atoms with Crippen molar-refractivity contribution in [3.05, 3.63) is 70.3 Å². The number of unbranched alkanes of at least 4 members (excludes halogenated alkanes) is 3. The topological polar surface area (TPSA) is 113 Å². The molecule has 0 aromatic heterocycles. The molecule has 5 N–H and O–H groups in total. The molecule has 0 radical (unpaired) electrons. The third-order valence-corrected chi connectivity index (χ3v) is 8.46. The zero-order chi connectivity index (χ0) is 27.2. The van der Waals surface area contributed by atoms with Gasteiger partial charge in [-0.25, -0.2) is 0 Å². The van der Waals surface area contributed by atoms with Crippen molar-refractivity contribution in [2.75, 3.05) is 6.26 Å². The molecule has 0 aliphatic carbocycles. The molecular formula is C30H43NO5S. The number of ether oxygens (including phenoxy) is 1. The van der Waals surface area contributed by atoms with Crippen molar-refractivity contribution in [1.82, 2.24) is 0 Å². The van der Waals surface area contributed by atoms with E-state index in [0.717, 1.165) is 61.6 Å². The number of rotatable bonds is 12. The standard InChI is InChI=1S/C30H43NO5S/c1-19-10-15-22(27-25(33)24(32)26(34)28(36-27)37-4)18-23(19)17-21-13-11-20(12-14-21)9-7-5-6-8-16-30(2,3)29(31)35/h10-15,18,24-28,32-34H,5-9,16-17H2,1-4H3,(H2,31,35)/t24-,25-,26+,27+,28-/m1/s1. The fraction of sp³-hybridized carbons (Fsp3) is 0.567. The van der Waals surface area contributed by atoms with Gasteiger partial charge in [0.15, 0.2) is 0 Å². The first kappa shape index (κ1) is 29.7. The number of benzene rings is 2. The Labute approximate surface area is 225 Å². The largest absolute Gasteiger partial charge is 0.387 e. The molecule has 0 bridgehead atoms. The molecule has 1 fully saturated rings. The van der Waals surface area contributed by atoms with Crippen LogP contribution in [-0.2, 0) is 22.4 Å². The summed E-state index contributed by atoms with van der Waals surface area (Å²) in [5.41, 5.74) is 10.1. The van der Waals surface area contributed by atoms with Crippen LogP contribution in [0.1, 0.15) is 79.9 Å². The van der Waals surface area contributed by atoms with Crippen LogP contribution in [0.4, 0.5) is 0 Å². The van der Waals surface area contributed by atoms with E-state index < -0.39 is 35.3 Å². The molecule has 1 aliphatic heterocycles. The van der Waals surface area contributed by atoms with E-state index in [9.17, 15) is 20.1 Å². The fourth-order valence-electron chi connectivity index (χ4n) is 4.79. The smallest absolute Gasteiger partial charge is 0.223 e. The number of amides is 1. The number of aliphatic hydroxyl groups excluding tert-OH is 3. The lowest BCUT2D eigenvalue weighted by Gasteiger charge is -2.40. The molecule has 1 heterocycles. The van der Waals surface area contributed by atoms with Crippen LogP contribution in [-0.4, -0.2) is 51.2 Å². The first-order valence-corrected chi connectivity index (χ1v) is 14.5. The highest BCUT2D eigenvalue weighted by atomic mass is 32.2. The van der Waals surface area contributed by atoms with E-state index in [0.29, 0.717) is 0 Å². The molecule has 37 heavy (non-hydrogen) atoms. The minimum atomic E-state index is -1.25. The van der Waals surface area contributed by atoms with Crippen LogP contribution in [0, 0.1) is 12.3 Å². The van der Waals surface area contributed by atoms with Crippen molar-refractivity contribution < 1.29 is 24.9 Å². The van der Waals surface area contributed by atoms with Crippen LogP contribution in [0.25, 0.3) is 0 Å². The summed E-state index contributed by atoms with van der Waals surface area (Å²) >= 11 is 1.32. The van der Waals surface area contributed by atoms with E-state index in [1.807, 2.05) is 38.3 Å². The van der Waals surface area contributed by atoms with Gasteiger partial charge in [-0.1, -0.05) is 75.6 Å². The Hall–Kier alpha value is -1.90. The van der Waals surface area contributed by atoms with E-state index in [-0.39, 0.29) is 5.91 Å². The minimum Gasteiger partial charge on any atom is -0.387 e. The summed E-state index contributed by atoms with van der Waals surface area (Å²) in [4.78, 5) is 11.4. The Kier molecular flexibility index (Phi) is 10.6. The van der Waals surface area contributed by atoms with Gasteiger partial charge in [0.2, 0.25) is 5.91 Å². The van der Waals surface area contributed by atoms with Gasteiger partial charge < -0.3 is 25.8 Å². The van der Waals surface area contributed by atoms with Crippen LogP contribution >= 0.6 is 11.8 Å². The van der Waals surface area contributed by atoms with Crippen molar-refractivity contribution in [1.29, 1.82) is 0 Å². The SMILES string of the molecule is CS[C@H]1O[C@@H](c2ccc(C)c(Cc3ccc(CCCCCCC(C)(C)C(N)=O)cc3)c2)[C@H](O)[C@@H](O)[C@@H]1O. The Balaban J connectivity index is 1.54. The summed E-state index contributed by atoms with van der Waals surface area (Å²) in [5.74, 6) is -0.225. The number of hydrogen-bond donors (Lipinski definition) is 4. The molecule has 3 rings (SSSR count). The lowest BCUT2D eigenvalue weighted by atomic mass is 9.86. The monoisotopic (exact) mass is 529 g/mol. The Bertz CT molecular complexity index is 1020. The maximum absolute atomic E-state index is 11.4. The molecule has 2 aromatic carbocycles. The highest BCUT2D eigenvalue weighted by Crippen LogP contribution is 2.36. The summed E-state index contributed by atoms with van der Waals surface area (Å²) in [5, 5.41) is 31.0. The van der Waals surface area contributed by atoms with Gasteiger partial charge in [0.05, 0.1) is 0 Å². The summed E-state index contributed by atoms with van der Waals surface area (Å²) in [6.07, 6.45) is 4.57. The first-order valence-electron chi connectivity index (χ1n) is 13.2. The number of thioether (sulfide) groups is 1. The molecule has 1 amide bonds. The molecule has 204 valence electrons. The van der Waals surface area contributed by atoms with Crippen LogP contribution in [0.5, 0.6) is 0 Å². The number of carbonyl (C=O) groups excluding carboxylic acids is 1. The molecule has 5 atom stereocenters. The normalized spacial score (nSPS) is 24.2. The summed E-state index contributed by atoms with van der Waals surface area (Å²) in [6, 6.07) is 14.7. The van der Waals surface area contributed by atoms with Gasteiger partial charge in [0, 0.05) is 5.41 Å². The van der Waals surface area contributed by atoms with Gasteiger partial charge >= 0.3 is 0 Å². The molecule has 7 heteroatoms. The second-order valence-electron chi connectivity index (χ2n) is 11.0. The number of hydrogen-bond acceptors (Lipinski definition) is 6. The highest BCUT2D eigenvalue weighted by molar-refractivity contribution is 7.99. The van der Waals surface area contributed by atoms with E-state index in [1.54, 1.807) is 0 Å². The predicted molar refractivity (Wildman–Crippen MR) is 149 cm³/mol. The van der Waals surface area contributed by atoms with Crippen LogP contribution in [0.2, 0.25) is 0 Å². The Morgan fingerprint density at radius 1 is 0.946 bits per heavy atom. The molecule has 0 saturated carbocycles. The number of aliphatic hydroxyl groups is 3. The zero-order valence-electron chi connectivity index (χ0n) is 22.5. The van der Waals surface area contributed by atoms with Crippen molar-refractivity contribution in [2.45, 2.75) is 95.6 Å². The summed E-state index contributed by atoms with van der Waals surface area (Å²) < 4.78 is 5.95. The van der Waals surface area contributed by atoms with E-state index in [1.165, 1.54) is 22.9 Å². The van der Waals surface area contributed by atoms with Gasteiger partial charge in [-0.3, -0.25) is 4.79 Å². The van der Waals surface area contributed by atoms with Crippen LogP contribution in [0.3, 0.4) is 0 Å². The van der Waals surface area contributed by atoms with Gasteiger partial charge in [0.25, 0.3) is 0 Å². The maximum atomic E-state index is 11.4. The third-order valence-electron chi connectivity index (χ3n) is 7.61. The van der Waals surface area contributed by atoms with Gasteiger partial charge in [0.1, 0.15) is 29.9 Å². The molecular weight excluding hydrogens is 486 g/mol. The second kappa shape index (κ2) is 13.3. The first-order chi connectivity index (χ1) is 17.5. The van der Waals surface area contributed by atoms with E-state index >= 15 is 0 Å². The predicted octanol–water partition coefficient (Wildman–Crippen LogP) is 4.43. The molecule has 1 aliphatic rings. The molecule has 0 unspecified atom stereocenters. The zero-order valence-corrected chi connectivity index (χ0v) is 23.3. The van der Waals surface area contributed by atoms with Crippen LogP contribution in [0.15, 0.2) is 42.5 Å². The Morgan fingerprint density at radius 2 is 1.59 bits per heavy atom. The number of carbonyl (C=O) groups is 1. The molecule has 0 spiro atoms. The third kappa shape index (κ3) is 7.80. The number of primary amides is 1. The highest BCUT2D eigenvalue weighted by Gasteiger charge is 2.44. The van der Waals surface area contributed by atoms with Crippen molar-refractivity contribution in [3.63, 3.8) is 0 Å². The summed E-state index contributed by atoms with van der Waals surface area (Å²) in [7, 11) is 0. The maximum Gasteiger partial charge on any atom is 0.223 e. The van der Waals surface area contributed by atoms with E-state index in [2.05, 4.69) is 31.2 Å². The Morgan fingerprint density at radius 3 is 2.24 bits per heavy atom. The lowest BCUT2D eigenvalue weighted by molar-refractivity contribution is -0.200. The van der Waals surface area contributed by atoms with Gasteiger partial charge in [-0.15, -0.1) is 11.8 Å². The minimum absolute atomic E-state index is 0.225. The lowest BCUT2D eigenvalue weighted by Crippen LogP contribution is -2.52. The van der Waals surface area contributed by atoms with Gasteiger partial charge in [-0.2, -0.15) is 0 Å². The fourth-order valence-corrected chi connectivity index (χ4v) is 5.46. The summed E-state index contributed by atoms with van der Waals surface area (Å²) in [6.45, 7) is 5.90. The quantitative estimate of drug-likeness (QED) is 0.303. The average Bonchev–Trinajstić information content (AvgIpc) is 2.87. The van der Waals surface area contributed by atoms with E-state index in [4.69, 9.17) is 10.5 Å². The number of aryl methyl sites for hydroxylation is 2. The molecule has 2 aromatic rings. The molecule has 1 saturated heterocycles.